The third kappa shape index (κ3) is 2.24. The maximum absolute atomic E-state index is 10.5. The topological polar surface area (TPSA) is 37.3 Å². The SMILES string of the molecule is [B]CC1CCC(C(=O)O)CC1. The summed E-state index contributed by atoms with van der Waals surface area (Å²) in [6, 6.07) is 0. The van der Waals surface area contributed by atoms with E-state index in [4.69, 9.17) is 13.0 Å². The van der Waals surface area contributed by atoms with Gasteiger partial charge in [-0.3, -0.25) is 4.79 Å². The van der Waals surface area contributed by atoms with Crippen molar-refractivity contribution in [3.63, 3.8) is 0 Å². The van der Waals surface area contributed by atoms with Gasteiger partial charge >= 0.3 is 5.97 Å². The standard InChI is InChI=1S/C8H13BO2/c9-5-6-1-3-7(4-2-6)8(10)11/h6-7H,1-5H2,(H,10,11). The third-order valence-electron chi connectivity index (χ3n) is 2.53. The van der Waals surface area contributed by atoms with E-state index in [2.05, 4.69) is 0 Å². The second-order valence-electron chi connectivity index (χ2n) is 3.29. The number of aliphatic carboxylic acids is 1. The predicted molar refractivity (Wildman–Crippen MR) is 43.6 cm³/mol. The molecular weight excluding hydrogens is 139 g/mol. The Morgan fingerprint density at radius 2 is 1.91 bits per heavy atom. The number of carboxylic acid groups (broad SMARTS) is 1. The molecule has 1 aliphatic rings. The van der Waals surface area contributed by atoms with Gasteiger partial charge in [0.2, 0.25) is 0 Å². The quantitative estimate of drug-likeness (QED) is 0.608. The molecule has 0 saturated heterocycles. The lowest BCUT2D eigenvalue weighted by atomic mass is 9.76. The van der Waals surface area contributed by atoms with Crippen LogP contribution in [0.3, 0.4) is 0 Å². The van der Waals surface area contributed by atoms with Crippen LogP contribution in [0.25, 0.3) is 0 Å². The van der Waals surface area contributed by atoms with E-state index in [1.807, 2.05) is 0 Å². The van der Waals surface area contributed by atoms with Crippen molar-refractivity contribution in [3.8, 4) is 0 Å². The van der Waals surface area contributed by atoms with Gasteiger partial charge in [-0.1, -0.05) is 19.2 Å². The van der Waals surface area contributed by atoms with Gasteiger partial charge in [-0.2, -0.15) is 0 Å². The number of rotatable bonds is 2. The van der Waals surface area contributed by atoms with E-state index in [0.29, 0.717) is 12.2 Å². The molecule has 3 heteroatoms. The Balaban J connectivity index is 2.30. The van der Waals surface area contributed by atoms with Crippen molar-refractivity contribution >= 4 is 13.8 Å². The van der Waals surface area contributed by atoms with Crippen LogP contribution in [0, 0.1) is 11.8 Å². The molecule has 0 aromatic carbocycles. The second-order valence-corrected chi connectivity index (χ2v) is 3.29. The highest BCUT2D eigenvalue weighted by Gasteiger charge is 2.24. The van der Waals surface area contributed by atoms with Crippen LogP contribution < -0.4 is 0 Å². The Morgan fingerprint density at radius 3 is 2.27 bits per heavy atom. The summed E-state index contributed by atoms with van der Waals surface area (Å²) in [5, 5.41) is 8.67. The van der Waals surface area contributed by atoms with E-state index >= 15 is 0 Å². The Bertz CT molecular complexity index is 139. The summed E-state index contributed by atoms with van der Waals surface area (Å²) >= 11 is 0. The van der Waals surface area contributed by atoms with Crippen molar-refractivity contribution in [1.82, 2.24) is 0 Å². The first-order valence-electron chi connectivity index (χ1n) is 4.17. The van der Waals surface area contributed by atoms with Crippen LogP contribution in [-0.2, 0) is 4.79 Å². The van der Waals surface area contributed by atoms with Gasteiger partial charge in [0.15, 0.2) is 0 Å². The van der Waals surface area contributed by atoms with Crippen LogP contribution >= 0.6 is 0 Å². The van der Waals surface area contributed by atoms with Crippen molar-refractivity contribution in [3.05, 3.63) is 0 Å². The van der Waals surface area contributed by atoms with Gasteiger partial charge < -0.3 is 5.11 Å². The molecule has 60 valence electrons. The summed E-state index contributed by atoms with van der Waals surface area (Å²) in [5.74, 6) is -0.163. The Morgan fingerprint density at radius 1 is 1.36 bits per heavy atom. The van der Waals surface area contributed by atoms with Gasteiger partial charge in [0.1, 0.15) is 0 Å². The lowest BCUT2D eigenvalue weighted by Gasteiger charge is -2.24. The van der Waals surface area contributed by atoms with Crippen LogP contribution in [0.15, 0.2) is 0 Å². The first-order valence-corrected chi connectivity index (χ1v) is 4.17. The molecule has 0 bridgehead atoms. The Labute approximate surface area is 68.4 Å². The van der Waals surface area contributed by atoms with E-state index in [-0.39, 0.29) is 5.92 Å². The number of hydrogen-bond donors (Lipinski definition) is 1. The fourth-order valence-corrected chi connectivity index (χ4v) is 1.65. The van der Waals surface area contributed by atoms with Crippen LogP contribution in [0.2, 0.25) is 6.32 Å². The monoisotopic (exact) mass is 152 g/mol. The molecule has 2 radical (unpaired) electrons. The largest absolute Gasteiger partial charge is 0.481 e. The minimum atomic E-state index is -0.638. The van der Waals surface area contributed by atoms with Gasteiger partial charge in [-0.15, -0.1) is 0 Å². The summed E-state index contributed by atoms with van der Waals surface area (Å²) in [4.78, 5) is 10.5. The number of carboxylic acids is 1. The van der Waals surface area contributed by atoms with Gasteiger partial charge in [-0.25, -0.2) is 0 Å². The summed E-state index contributed by atoms with van der Waals surface area (Å²) in [6.45, 7) is 0. The summed E-state index contributed by atoms with van der Waals surface area (Å²) in [5.41, 5.74) is 0. The minimum absolute atomic E-state index is 0.0993. The van der Waals surface area contributed by atoms with E-state index in [1.54, 1.807) is 0 Å². The molecule has 0 heterocycles. The highest BCUT2D eigenvalue weighted by atomic mass is 16.4. The molecule has 0 spiro atoms. The molecule has 1 aliphatic carbocycles. The average molecular weight is 152 g/mol. The molecule has 0 amide bonds. The van der Waals surface area contributed by atoms with E-state index in [0.717, 1.165) is 25.7 Å². The van der Waals surface area contributed by atoms with Crippen molar-refractivity contribution in [2.45, 2.75) is 32.0 Å². The van der Waals surface area contributed by atoms with Crippen LogP contribution in [0.5, 0.6) is 0 Å². The first kappa shape index (κ1) is 8.63. The average Bonchev–Trinajstić information content (AvgIpc) is 2.05. The molecule has 1 rings (SSSR count). The smallest absolute Gasteiger partial charge is 0.306 e. The zero-order valence-electron chi connectivity index (χ0n) is 6.62. The lowest BCUT2D eigenvalue weighted by Crippen LogP contribution is -2.21. The van der Waals surface area contributed by atoms with Crippen molar-refractivity contribution in [1.29, 1.82) is 0 Å². The van der Waals surface area contributed by atoms with Gasteiger partial charge in [0, 0.05) is 0 Å². The molecule has 1 fully saturated rings. The van der Waals surface area contributed by atoms with Crippen molar-refractivity contribution < 1.29 is 9.90 Å². The fraction of sp³-hybridized carbons (Fsp3) is 0.875. The van der Waals surface area contributed by atoms with Crippen LogP contribution in [0.1, 0.15) is 25.7 Å². The normalized spacial score (nSPS) is 31.6. The summed E-state index contributed by atoms with van der Waals surface area (Å²) in [7, 11) is 5.48. The fourth-order valence-electron chi connectivity index (χ4n) is 1.65. The predicted octanol–water partition coefficient (Wildman–Crippen LogP) is 1.46. The molecular formula is C8H13BO2. The summed E-state index contributed by atoms with van der Waals surface area (Å²) < 4.78 is 0. The molecule has 0 unspecified atom stereocenters. The molecule has 1 N–H and O–H groups in total. The molecule has 0 aromatic rings. The molecule has 1 saturated carbocycles. The molecule has 0 aromatic heterocycles. The zero-order chi connectivity index (χ0) is 8.27. The molecule has 0 aliphatic heterocycles. The Kier molecular flexibility index (Phi) is 2.97. The second kappa shape index (κ2) is 3.79. The third-order valence-corrected chi connectivity index (χ3v) is 2.53. The lowest BCUT2D eigenvalue weighted by molar-refractivity contribution is -0.143. The van der Waals surface area contributed by atoms with E-state index in [9.17, 15) is 4.79 Å². The summed E-state index contributed by atoms with van der Waals surface area (Å²) in [6.07, 6.45) is 4.33. The maximum atomic E-state index is 10.5. The van der Waals surface area contributed by atoms with Gasteiger partial charge in [-0.05, 0) is 18.8 Å². The highest BCUT2D eigenvalue weighted by Crippen LogP contribution is 2.30. The first-order chi connectivity index (χ1) is 5.24. The van der Waals surface area contributed by atoms with Crippen LogP contribution in [-0.4, -0.2) is 18.9 Å². The minimum Gasteiger partial charge on any atom is -0.481 e. The van der Waals surface area contributed by atoms with E-state index < -0.39 is 5.97 Å². The van der Waals surface area contributed by atoms with Gasteiger partial charge in [0.25, 0.3) is 0 Å². The zero-order valence-corrected chi connectivity index (χ0v) is 6.62. The Hall–Kier alpha value is -0.465. The number of hydrogen-bond acceptors (Lipinski definition) is 1. The van der Waals surface area contributed by atoms with Crippen molar-refractivity contribution in [2.75, 3.05) is 0 Å². The van der Waals surface area contributed by atoms with Crippen molar-refractivity contribution in [2.24, 2.45) is 11.8 Å². The molecule has 11 heavy (non-hydrogen) atoms. The number of carbonyl (C=O) groups is 1. The maximum Gasteiger partial charge on any atom is 0.306 e. The van der Waals surface area contributed by atoms with Crippen LogP contribution in [0.4, 0.5) is 0 Å². The highest BCUT2D eigenvalue weighted by molar-refractivity contribution is 6.08. The molecule has 0 atom stereocenters. The van der Waals surface area contributed by atoms with E-state index in [1.165, 1.54) is 0 Å². The van der Waals surface area contributed by atoms with Gasteiger partial charge in [0.05, 0.1) is 13.8 Å². The molecule has 2 nitrogen and oxygen atoms in total.